The summed E-state index contributed by atoms with van der Waals surface area (Å²) < 4.78 is 5.29. The molecule has 1 aromatic heterocycles. The maximum atomic E-state index is 5.29. The predicted octanol–water partition coefficient (Wildman–Crippen LogP) is 3.91. The molecule has 3 rings (SSSR count). The number of rotatable bonds is 2. The van der Waals surface area contributed by atoms with Crippen molar-refractivity contribution in [2.75, 3.05) is 7.11 Å². The van der Waals surface area contributed by atoms with E-state index in [4.69, 9.17) is 4.74 Å². The van der Waals surface area contributed by atoms with Gasteiger partial charge in [0.05, 0.1) is 12.6 Å². The fourth-order valence-electron chi connectivity index (χ4n) is 2.12. The van der Waals surface area contributed by atoms with Crippen molar-refractivity contribution in [1.82, 2.24) is 4.98 Å². The van der Waals surface area contributed by atoms with Crippen molar-refractivity contribution in [2.45, 2.75) is 0 Å². The van der Waals surface area contributed by atoms with Gasteiger partial charge >= 0.3 is 0 Å². The van der Waals surface area contributed by atoms with Crippen LogP contribution in [0.1, 0.15) is 0 Å². The standard InChI is InChI=1S/C16H13NO/c1-18-13-7-8-16-15(11-13)14(9-10-17-16)12-5-3-2-4-6-12/h2-11H,1H3. The summed E-state index contributed by atoms with van der Waals surface area (Å²) in [7, 11) is 1.68. The van der Waals surface area contributed by atoms with Crippen LogP contribution in [0.4, 0.5) is 0 Å². The molecule has 0 radical (unpaired) electrons. The molecule has 0 aliphatic heterocycles. The molecule has 3 aromatic rings. The molecule has 0 saturated carbocycles. The monoisotopic (exact) mass is 235 g/mol. The Balaban J connectivity index is 2.29. The Morgan fingerprint density at radius 2 is 1.78 bits per heavy atom. The van der Waals surface area contributed by atoms with Crippen LogP contribution in [0, 0.1) is 0 Å². The molecular weight excluding hydrogens is 222 g/mol. The van der Waals surface area contributed by atoms with Crippen LogP contribution in [0.5, 0.6) is 5.75 Å². The number of pyridine rings is 1. The van der Waals surface area contributed by atoms with Crippen LogP contribution in [0.15, 0.2) is 60.8 Å². The Bertz CT molecular complexity index is 677. The number of hydrogen-bond acceptors (Lipinski definition) is 2. The van der Waals surface area contributed by atoms with E-state index < -0.39 is 0 Å². The highest BCUT2D eigenvalue weighted by Gasteiger charge is 2.05. The topological polar surface area (TPSA) is 22.1 Å². The first-order chi connectivity index (χ1) is 8.88. The Kier molecular flexibility index (Phi) is 2.69. The molecule has 2 nitrogen and oxygen atoms in total. The van der Waals surface area contributed by atoms with Crippen LogP contribution in [-0.2, 0) is 0 Å². The molecule has 0 N–H and O–H groups in total. The summed E-state index contributed by atoms with van der Waals surface area (Å²) in [6, 6.07) is 18.3. The molecule has 0 bridgehead atoms. The molecule has 88 valence electrons. The minimum Gasteiger partial charge on any atom is -0.497 e. The third kappa shape index (κ3) is 1.82. The van der Waals surface area contributed by atoms with E-state index in [-0.39, 0.29) is 0 Å². The lowest BCUT2D eigenvalue weighted by Crippen LogP contribution is -1.87. The molecule has 0 saturated heterocycles. The number of fused-ring (bicyclic) bond motifs is 1. The van der Waals surface area contributed by atoms with E-state index in [0.717, 1.165) is 16.7 Å². The number of nitrogens with zero attached hydrogens (tertiary/aromatic N) is 1. The van der Waals surface area contributed by atoms with Gasteiger partial charge in [-0.05, 0) is 35.4 Å². The first-order valence-corrected chi connectivity index (χ1v) is 5.86. The van der Waals surface area contributed by atoms with E-state index in [9.17, 15) is 0 Å². The second-order valence-corrected chi connectivity index (χ2v) is 4.11. The summed E-state index contributed by atoms with van der Waals surface area (Å²) in [6.45, 7) is 0. The summed E-state index contributed by atoms with van der Waals surface area (Å²) in [4.78, 5) is 4.39. The van der Waals surface area contributed by atoms with Gasteiger partial charge in [0.2, 0.25) is 0 Å². The fraction of sp³-hybridized carbons (Fsp3) is 0.0625. The predicted molar refractivity (Wildman–Crippen MR) is 73.7 cm³/mol. The lowest BCUT2D eigenvalue weighted by atomic mass is 10.0. The Morgan fingerprint density at radius 1 is 0.944 bits per heavy atom. The van der Waals surface area contributed by atoms with Gasteiger partial charge in [-0.25, -0.2) is 0 Å². The minimum atomic E-state index is 0.854. The van der Waals surface area contributed by atoms with Gasteiger partial charge in [-0.15, -0.1) is 0 Å². The molecular formula is C16H13NO. The van der Waals surface area contributed by atoms with E-state index in [2.05, 4.69) is 17.1 Å². The summed E-state index contributed by atoms with van der Waals surface area (Å²) in [5.41, 5.74) is 3.36. The normalized spacial score (nSPS) is 10.5. The average molecular weight is 235 g/mol. The van der Waals surface area contributed by atoms with E-state index in [1.807, 2.05) is 48.7 Å². The van der Waals surface area contributed by atoms with Crippen molar-refractivity contribution in [3.05, 3.63) is 60.8 Å². The van der Waals surface area contributed by atoms with Crippen molar-refractivity contribution in [1.29, 1.82) is 0 Å². The van der Waals surface area contributed by atoms with Crippen molar-refractivity contribution in [2.24, 2.45) is 0 Å². The zero-order valence-electron chi connectivity index (χ0n) is 10.1. The second-order valence-electron chi connectivity index (χ2n) is 4.11. The SMILES string of the molecule is COc1ccc2nccc(-c3ccccc3)c2c1. The molecule has 0 fully saturated rings. The van der Waals surface area contributed by atoms with Crippen molar-refractivity contribution in [3.63, 3.8) is 0 Å². The van der Waals surface area contributed by atoms with Crippen LogP contribution in [-0.4, -0.2) is 12.1 Å². The van der Waals surface area contributed by atoms with Crippen LogP contribution < -0.4 is 4.74 Å². The largest absolute Gasteiger partial charge is 0.497 e. The van der Waals surface area contributed by atoms with Gasteiger partial charge < -0.3 is 4.74 Å². The molecule has 0 spiro atoms. The highest BCUT2D eigenvalue weighted by molar-refractivity contribution is 5.95. The van der Waals surface area contributed by atoms with Crippen LogP contribution in [0.3, 0.4) is 0 Å². The molecule has 0 unspecified atom stereocenters. The molecule has 0 amide bonds. The number of hydrogen-bond donors (Lipinski definition) is 0. The first-order valence-electron chi connectivity index (χ1n) is 5.86. The van der Waals surface area contributed by atoms with Gasteiger partial charge in [-0.2, -0.15) is 0 Å². The zero-order valence-corrected chi connectivity index (χ0v) is 10.1. The minimum absolute atomic E-state index is 0.854. The van der Waals surface area contributed by atoms with Crippen molar-refractivity contribution >= 4 is 10.9 Å². The summed E-state index contributed by atoms with van der Waals surface area (Å²) in [5, 5.41) is 1.11. The highest BCUT2D eigenvalue weighted by atomic mass is 16.5. The zero-order chi connectivity index (χ0) is 12.4. The van der Waals surface area contributed by atoms with Gasteiger partial charge in [0.15, 0.2) is 0 Å². The molecule has 18 heavy (non-hydrogen) atoms. The Labute approximate surface area is 106 Å². The molecule has 0 atom stereocenters. The van der Waals surface area contributed by atoms with Crippen molar-refractivity contribution in [3.8, 4) is 16.9 Å². The summed E-state index contributed by atoms with van der Waals surface area (Å²) >= 11 is 0. The van der Waals surface area contributed by atoms with E-state index in [0.29, 0.717) is 0 Å². The molecule has 2 aromatic carbocycles. The number of aromatic nitrogens is 1. The molecule has 1 heterocycles. The quantitative estimate of drug-likeness (QED) is 0.671. The number of methoxy groups -OCH3 is 1. The highest BCUT2D eigenvalue weighted by Crippen LogP contribution is 2.29. The van der Waals surface area contributed by atoms with Gasteiger partial charge in [-0.1, -0.05) is 30.3 Å². The lowest BCUT2D eigenvalue weighted by molar-refractivity contribution is 0.415. The third-order valence-electron chi connectivity index (χ3n) is 3.03. The smallest absolute Gasteiger partial charge is 0.119 e. The first kappa shape index (κ1) is 10.8. The Hall–Kier alpha value is -2.35. The maximum Gasteiger partial charge on any atom is 0.119 e. The second kappa shape index (κ2) is 4.49. The van der Waals surface area contributed by atoms with Crippen LogP contribution >= 0.6 is 0 Å². The van der Waals surface area contributed by atoms with Gasteiger partial charge in [0.25, 0.3) is 0 Å². The van der Waals surface area contributed by atoms with E-state index >= 15 is 0 Å². The lowest BCUT2D eigenvalue weighted by Gasteiger charge is -2.07. The summed E-state index contributed by atoms with van der Waals surface area (Å²) in [6.07, 6.45) is 1.84. The number of ether oxygens (including phenoxy) is 1. The number of benzene rings is 2. The average Bonchev–Trinajstić information content (AvgIpc) is 2.47. The van der Waals surface area contributed by atoms with E-state index in [1.165, 1.54) is 11.1 Å². The van der Waals surface area contributed by atoms with Gasteiger partial charge in [0.1, 0.15) is 5.75 Å². The fourth-order valence-corrected chi connectivity index (χ4v) is 2.12. The van der Waals surface area contributed by atoms with Crippen molar-refractivity contribution < 1.29 is 4.74 Å². The molecule has 0 aliphatic carbocycles. The molecule has 0 aliphatic rings. The molecule has 2 heteroatoms. The third-order valence-corrected chi connectivity index (χ3v) is 3.03. The van der Waals surface area contributed by atoms with Crippen LogP contribution in [0.25, 0.3) is 22.0 Å². The van der Waals surface area contributed by atoms with Gasteiger partial charge in [-0.3, -0.25) is 4.98 Å². The maximum absolute atomic E-state index is 5.29. The van der Waals surface area contributed by atoms with Gasteiger partial charge in [0, 0.05) is 11.6 Å². The van der Waals surface area contributed by atoms with Crippen LogP contribution in [0.2, 0.25) is 0 Å². The summed E-state index contributed by atoms with van der Waals surface area (Å²) in [5.74, 6) is 0.854. The van der Waals surface area contributed by atoms with E-state index in [1.54, 1.807) is 7.11 Å². The Morgan fingerprint density at radius 3 is 2.56 bits per heavy atom.